The summed E-state index contributed by atoms with van der Waals surface area (Å²) in [7, 11) is 0. The van der Waals surface area contributed by atoms with E-state index in [1.807, 2.05) is 0 Å². The van der Waals surface area contributed by atoms with Gasteiger partial charge in [0.1, 0.15) is 0 Å². The minimum Gasteiger partial charge on any atom is -0.271 e. The number of hydrazine groups is 1. The highest BCUT2D eigenvalue weighted by Crippen LogP contribution is 2.32. The van der Waals surface area contributed by atoms with Crippen LogP contribution in [0.4, 0.5) is 0 Å². The highest BCUT2D eigenvalue weighted by atomic mass is 15.2. The van der Waals surface area contributed by atoms with E-state index in [9.17, 15) is 0 Å². The van der Waals surface area contributed by atoms with Crippen LogP contribution in [-0.4, -0.2) is 6.04 Å². The van der Waals surface area contributed by atoms with Crippen molar-refractivity contribution < 1.29 is 0 Å². The molecule has 0 radical (unpaired) electrons. The first kappa shape index (κ1) is 14.3. The molecule has 2 rings (SSSR count). The molecule has 2 aliphatic carbocycles. The molecule has 2 aliphatic rings. The first-order valence-electron chi connectivity index (χ1n) is 8.36. The van der Waals surface area contributed by atoms with Gasteiger partial charge in [-0.3, -0.25) is 11.3 Å². The molecule has 0 saturated heterocycles. The van der Waals surface area contributed by atoms with Crippen molar-refractivity contribution in [1.82, 2.24) is 5.43 Å². The summed E-state index contributed by atoms with van der Waals surface area (Å²) in [5.74, 6) is 7.65. The second-order valence-electron chi connectivity index (χ2n) is 6.62. The van der Waals surface area contributed by atoms with Crippen LogP contribution in [0.15, 0.2) is 0 Å². The number of hydrogen-bond acceptors (Lipinski definition) is 2. The Bertz CT molecular complexity index is 203. The van der Waals surface area contributed by atoms with Crippen molar-refractivity contribution in [2.24, 2.45) is 17.7 Å². The van der Waals surface area contributed by atoms with Crippen molar-refractivity contribution in [2.75, 3.05) is 0 Å². The Kier molecular flexibility index (Phi) is 6.50. The molecule has 1 atom stereocenters. The van der Waals surface area contributed by atoms with Crippen LogP contribution in [0.5, 0.6) is 0 Å². The zero-order valence-corrected chi connectivity index (χ0v) is 12.0. The smallest absolute Gasteiger partial charge is 0.0241 e. The van der Waals surface area contributed by atoms with Crippen LogP contribution in [0.2, 0.25) is 0 Å². The lowest BCUT2D eigenvalue weighted by atomic mass is 9.78. The van der Waals surface area contributed by atoms with E-state index in [0.29, 0.717) is 6.04 Å². The molecule has 0 heterocycles. The van der Waals surface area contributed by atoms with E-state index in [-0.39, 0.29) is 0 Å². The number of hydrogen-bond donors (Lipinski definition) is 2. The van der Waals surface area contributed by atoms with Crippen LogP contribution in [-0.2, 0) is 0 Å². The van der Waals surface area contributed by atoms with E-state index < -0.39 is 0 Å². The number of nitrogens with one attached hydrogen (secondary N) is 1. The second kappa shape index (κ2) is 8.16. The molecule has 0 bridgehead atoms. The monoisotopic (exact) mass is 252 g/mol. The molecular weight excluding hydrogens is 220 g/mol. The average Bonchev–Trinajstić information content (AvgIpc) is 2.37. The molecule has 0 spiro atoms. The largest absolute Gasteiger partial charge is 0.271 e. The Morgan fingerprint density at radius 3 is 1.89 bits per heavy atom. The fraction of sp³-hybridized carbons (Fsp3) is 1.00. The van der Waals surface area contributed by atoms with Gasteiger partial charge in [0, 0.05) is 6.04 Å². The molecule has 1 unspecified atom stereocenters. The third-order valence-electron chi connectivity index (χ3n) is 5.24. The summed E-state index contributed by atoms with van der Waals surface area (Å²) in [5.41, 5.74) is 3.17. The molecule has 3 N–H and O–H groups in total. The van der Waals surface area contributed by atoms with Gasteiger partial charge in [0.15, 0.2) is 0 Å². The lowest BCUT2D eigenvalue weighted by Crippen LogP contribution is -2.42. The SMILES string of the molecule is NNC(CC1CCCCC1)C1CCCCCCC1. The van der Waals surface area contributed by atoms with Gasteiger partial charge < -0.3 is 0 Å². The van der Waals surface area contributed by atoms with Gasteiger partial charge in [0.05, 0.1) is 0 Å². The van der Waals surface area contributed by atoms with Gasteiger partial charge in [-0.2, -0.15) is 0 Å². The third-order valence-corrected chi connectivity index (χ3v) is 5.24. The van der Waals surface area contributed by atoms with Gasteiger partial charge in [-0.05, 0) is 31.1 Å². The molecule has 2 nitrogen and oxygen atoms in total. The van der Waals surface area contributed by atoms with E-state index in [4.69, 9.17) is 5.84 Å². The quantitative estimate of drug-likeness (QED) is 0.582. The summed E-state index contributed by atoms with van der Waals surface area (Å²) in [4.78, 5) is 0. The van der Waals surface area contributed by atoms with Gasteiger partial charge in [0.25, 0.3) is 0 Å². The van der Waals surface area contributed by atoms with Gasteiger partial charge in [0.2, 0.25) is 0 Å². The van der Waals surface area contributed by atoms with Gasteiger partial charge >= 0.3 is 0 Å². The fourth-order valence-electron chi connectivity index (χ4n) is 4.07. The summed E-state index contributed by atoms with van der Waals surface area (Å²) in [6.45, 7) is 0. The van der Waals surface area contributed by atoms with Gasteiger partial charge in [-0.15, -0.1) is 0 Å². The lowest BCUT2D eigenvalue weighted by Gasteiger charge is -2.32. The first-order chi connectivity index (χ1) is 8.90. The van der Waals surface area contributed by atoms with Crippen molar-refractivity contribution in [3.63, 3.8) is 0 Å². The van der Waals surface area contributed by atoms with Crippen LogP contribution in [0.1, 0.15) is 83.5 Å². The average molecular weight is 252 g/mol. The summed E-state index contributed by atoms with van der Waals surface area (Å²) < 4.78 is 0. The Hall–Kier alpha value is -0.0800. The molecular formula is C16H32N2. The molecule has 0 aliphatic heterocycles. The highest BCUT2D eigenvalue weighted by molar-refractivity contribution is 4.80. The maximum Gasteiger partial charge on any atom is 0.0241 e. The zero-order chi connectivity index (χ0) is 12.6. The normalized spacial score (nSPS) is 26.5. The lowest BCUT2D eigenvalue weighted by molar-refractivity contribution is 0.222. The maximum atomic E-state index is 5.86. The van der Waals surface area contributed by atoms with Crippen molar-refractivity contribution >= 4 is 0 Å². The zero-order valence-electron chi connectivity index (χ0n) is 12.0. The van der Waals surface area contributed by atoms with Crippen molar-refractivity contribution in [1.29, 1.82) is 0 Å². The first-order valence-corrected chi connectivity index (χ1v) is 8.36. The van der Waals surface area contributed by atoms with E-state index >= 15 is 0 Å². The molecule has 2 saturated carbocycles. The predicted octanol–water partition coefficient (Wildman–Crippen LogP) is 4.15. The molecule has 18 heavy (non-hydrogen) atoms. The van der Waals surface area contributed by atoms with E-state index in [1.54, 1.807) is 0 Å². The van der Waals surface area contributed by atoms with Crippen LogP contribution in [0.25, 0.3) is 0 Å². The standard InChI is InChI=1S/C16H32N2/c17-18-16(13-14-9-5-4-6-10-14)15-11-7-2-1-3-8-12-15/h14-16,18H,1-13,17H2. The number of nitrogens with two attached hydrogens (primary N) is 1. The molecule has 0 aromatic rings. The Balaban J connectivity index is 1.81. The minimum atomic E-state index is 0.589. The molecule has 0 amide bonds. The predicted molar refractivity (Wildman–Crippen MR) is 78.1 cm³/mol. The van der Waals surface area contributed by atoms with Crippen molar-refractivity contribution in [3.8, 4) is 0 Å². The van der Waals surface area contributed by atoms with Crippen molar-refractivity contribution in [2.45, 2.75) is 89.5 Å². The Labute approximate surface area is 113 Å². The summed E-state index contributed by atoms with van der Waals surface area (Å²) in [5, 5.41) is 0. The van der Waals surface area contributed by atoms with E-state index in [1.165, 1.54) is 83.5 Å². The van der Waals surface area contributed by atoms with Crippen LogP contribution in [0, 0.1) is 11.8 Å². The minimum absolute atomic E-state index is 0.589. The maximum absolute atomic E-state index is 5.86. The van der Waals surface area contributed by atoms with Crippen LogP contribution in [0.3, 0.4) is 0 Å². The highest BCUT2D eigenvalue weighted by Gasteiger charge is 2.25. The molecule has 0 aromatic carbocycles. The second-order valence-corrected chi connectivity index (χ2v) is 6.62. The van der Waals surface area contributed by atoms with Crippen LogP contribution >= 0.6 is 0 Å². The molecule has 2 heteroatoms. The fourth-order valence-corrected chi connectivity index (χ4v) is 4.07. The topological polar surface area (TPSA) is 38.0 Å². The summed E-state index contributed by atoms with van der Waals surface area (Å²) in [6.07, 6.45) is 18.6. The summed E-state index contributed by atoms with van der Waals surface area (Å²) >= 11 is 0. The third kappa shape index (κ3) is 4.55. The van der Waals surface area contributed by atoms with Crippen molar-refractivity contribution in [3.05, 3.63) is 0 Å². The van der Waals surface area contributed by atoms with Gasteiger partial charge in [-0.25, -0.2) is 0 Å². The van der Waals surface area contributed by atoms with Gasteiger partial charge in [-0.1, -0.05) is 64.2 Å². The Morgan fingerprint density at radius 1 is 0.778 bits per heavy atom. The number of rotatable bonds is 4. The molecule has 106 valence electrons. The molecule has 2 fully saturated rings. The van der Waals surface area contributed by atoms with Crippen LogP contribution < -0.4 is 11.3 Å². The van der Waals surface area contributed by atoms with E-state index in [0.717, 1.165) is 11.8 Å². The Morgan fingerprint density at radius 2 is 1.28 bits per heavy atom. The summed E-state index contributed by atoms with van der Waals surface area (Å²) in [6, 6.07) is 0.589. The van der Waals surface area contributed by atoms with E-state index in [2.05, 4.69) is 5.43 Å². The molecule has 0 aromatic heterocycles.